The summed E-state index contributed by atoms with van der Waals surface area (Å²) in [5, 5.41) is 0. The van der Waals surface area contributed by atoms with Crippen LogP contribution in [0.4, 0.5) is 4.39 Å². The van der Waals surface area contributed by atoms with E-state index in [4.69, 9.17) is 18.9 Å². The van der Waals surface area contributed by atoms with Crippen LogP contribution in [-0.2, 0) is 28.5 Å². The molecule has 1 aliphatic heterocycles. The number of alkyl halides is 1. The highest BCUT2D eigenvalue weighted by Crippen LogP contribution is 2.81. The van der Waals surface area contributed by atoms with E-state index in [1.807, 2.05) is 27.7 Å². The van der Waals surface area contributed by atoms with Crippen molar-refractivity contribution < 1.29 is 32.9 Å². The molecule has 0 N–H and O–H groups in total. The molecule has 8 atom stereocenters. The minimum atomic E-state index is -1.82. The van der Waals surface area contributed by atoms with Crippen molar-refractivity contribution in [1.29, 1.82) is 0 Å². The first-order valence-electron chi connectivity index (χ1n) is 12.7. The van der Waals surface area contributed by atoms with Crippen LogP contribution in [0.1, 0.15) is 67.2 Å². The Morgan fingerprint density at radius 3 is 2.40 bits per heavy atom. The number of fused-ring (bicyclic) bond motifs is 7. The van der Waals surface area contributed by atoms with Gasteiger partial charge in [-0.1, -0.05) is 32.4 Å². The van der Waals surface area contributed by atoms with Crippen LogP contribution in [0.5, 0.6) is 0 Å². The van der Waals surface area contributed by atoms with Gasteiger partial charge in [-0.25, -0.2) is 4.39 Å². The van der Waals surface area contributed by atoms with Crippen LogP contribution in [-0.4, -0.2) is 61.7 Å². The quantitative estimate of drug-likeness (QED) is 0.578. The van der Waals surface area contributed by atoms with Gasteiger partial charge >= 0.3 is 0 Å². The standard InChI is InChI=1S/C28H39FO6/c1-22(2)34-20-14-25(5)24(4)12-9-17-13-18(30)10-11-23(17,3)28(24,29)21(33-8)15-26(25,6)27(20,35-22)19(31)16-32-7/h10-11,13,20-21H,9,12,14-16H2,1-8H3. The van der Waals surface area contributed by atoms with Crippen molar-refractivity contribution in [1.82, 2.24) is 0 Å². The summed E-state index contributed by atoms with van der Waals surface area (Å²) < 4.78 is 42.6. The van der Waals surface area contributed by atoms with Gasteiger partial charge in [0.1, 0.15) is 6.61 Å². The van der Waals surface area contributed by atoms with Crippen LogP contribution in [0, 0.1) is 21.7 Å². The summed E-state index contributed by atoms with van der Waals surface area (Å²) in [6, 6.07) is 0. The largest absolute Gasteiger partial charge is 0.378 e. The molecule has 0 bridgehead atoms. The van der Waals surface area contributed by atoms with Crippen molar-refractivity contribution in [3.63, 3.8) is 0 Å². The summed E-state index contributed by atoms with van der Waals surface area (Å²) in [5.41, 5.74) is -5.63. The lowest BCUT2D eigenvalue weighted by molar-refractivity contribution is -0.307. The number of carbonyl (C=O) groups excluding carboxylic acids is 2. The Morgan fingerprint density at radius 1 is 1.09 bits per heavy atom. The van der Waals surface area contributed by atoms with Crippen LogP contribution >= 0.6 is 0 Å². The van der Waals surface area contributed by atoms with Gasteiger partial charge in [0.25, 0.3) is 0 Å². The normalized spacial score (nSPS) is 51.8. The predicted octanol–water partition coefficient (Wildman–Crippen LogP) is 4.51. The molecule has 5 rings (SSSR count). The monoisotopic (exact) mass is 490 g/mol. The average Bonchev–Trinajstić information content (AvgIpc) is 3.15. The second-order valence-corrected chi connectivity index (χ2v) is 12.6. The summed E-state index contributed by atoms with van der Waals surface area (Å²) in [4.78, 5) is 26.1. The van der Waals surface area contributed by atoms with E-state index in [1.165, 1.54) is 13.2 Å². The highest BCUT2D eigenvalue weighted by atomic mass is 19.1. The molecular weight excluding hydrogens is 451 g/mol. The second kappa shape index (κ2) is 7.12. The molecule has 194 valence electrons. The molecular formula is C28H39FO6. The van der Waals surface area contributed by atoms with Gasteiger partial charge in [0.05, 0.1) is 12.2 Å². The first-order chi connectivity index (χ1) is 16.1. The van der Waals surface area contributed by atoms with Gasteiger partial charge in [0.2, 0.25) is 0 Å². The molecule has 0 spiro atoms. The number of rotatable bonds is 4. The van der Waals surface area contributed by atoms with Crippen molar-refractivity contribution in [3.8, 4) is 0 Å². The number of allylic oxidation sites excluding steroid dienone is 4. The highest BCUT2D eigenvalue weighted by molar-refractivity contribution is 6.01. The van der Waals surface area contributed by atoms with Crippen molar-refractivity contribution in [3.05, 3.63) is 23.8 Å². The molecule has 1 saturated heterocycles. The molecule has 4 fully saturated rings. The Morgan fingerprint density at radius 2 is 1.77 bits per heavy atom. The number of halogens is 1. The number of carbonyl (C=O) groups is 2. The third-order valence-electron chi connectivity index (χ3n) is 11.2. The van der Waals surface area contributed by atoms with Gasteiger partial charge in [-0.3, -0.25) is 9.59 Å². The van der Waals surface area contributed by atoms with Gasteiger partial charge in [-0.05, 0) is 64.0 Å². The lowest BCUT2D eigenvalue weighted by atomic mass is 9.34. The fourth-order valence-corrected chi connectivity index (χ4v) is 9.23. The van der Waals surface area contributed by atoms with E-state index in [2.05, 4.69) is 13.8 Å². The van der Waals surface area contributed by atoms with Gasteiger partial charge < -0.3 is 18.9 Å². The predicted molar refractivity (Wildman–Crippen MR) is 127 cm³/mol. The molecule has 1 heterocycles. The molecule has 35 heavy (non-hydrogen) atoms. The number of hydrogen-bond donors (Lipinski definition) is 0. The van der Waals surface area contributed by atoms with Crippen LogP contribution < -0.4 is 0 Å². The first kappa shape index (κ1) is 25.2. The zero-order chi connectivity index (χ0) is 25.9. The number of methoxy groups -OCH3 is 2. The minimum absolute atomic E-state index is 0.103. The zero-order valence-electron chi connectivity index (χ0n) is 22.2. The van der Waals surface area contributed by atoms with Crippen molar-refractivity contribution in [2.24, 2.45) is 21.7 Å². The van der Waals surface area contributed by atoms with Crippen molar-refractivity contribution >= 4 is 11.6 Å². The fourth-order valence-electron chi connectivity index (χ4n) is 9.23. The lowest BCUT2D eigenvalue weighted by Gasteiger charge is -2.72. The summed E-state index contributed by atoms with van der Waals surface area (Å²) in [7, 11) is 3.05. The molecule has 8 unspecified atom stereocenters. The van der Waals surface area contributed by atoms with Gasteiger partial charge in [0.15, 0.2) is 28.6 Å². The molecule has 0 aromatic heterocycles. The van der Waals surface area contributed by atoms with E-state index in [0.29, 0.717) is 19.3 Å². The molecule has 6 nitrogen and oxygen atoms in total. The van der Waals surface area contributed by atoms with Crippen LogP contribution in [0.25, 0.3) is 0 Å². The zero-order valence-corrected chi connectivity index (χ0v) is 22.2. The SMILES string of the molecule is COCC(=O)C12OC(C)(C)OC1CC1(C)C2(C)CC(OC)C2(F)C3(C)C=CC(=O)C=C3CCC12C. The molecule has 5 aliphatic rings. The molecule has 3 saturated carbocycles. The molecule has 0 amide bonds. The molecule has 0 radical (unpaired) electrons. The van der Waals surface area contributed by atoms with Gasteiger partial charge in [-0.2, -0.15) is 0 Å². The van der Waals surface area contributed by atoms with Crippen LogP contribution in [0.3, 0.4) is 0 Å². The first-order valence-corrected chi connectivity index (χ1v) is 12.7. The Kier molecular flexibility index (Phi) is 5.14. The third kappa shape index (κ3) is 2.54. The maximum absolute atomic E-state index is 18.2. The third-order valence-corrected chi connectivity index (χ3v) is 11.2. The van der Waals surface area contributed by atoms with E-state index in [-0.39, 0.29) is 24.6 Å². The molecule has 4 aliphatic carbocycles. The lowest BCUT2D eigenvalue weighted by Crippen LogP contribution is -2.77. The summed E-state index contributed by atoms with van der Waals surface area (Å²) in [5.74, 6) is -1.22. The maximum atomic E-state index is 18.2. The van der Waals surface area contributed by atoms with Crippen molar-refractivity contribution in [2.75, 3.05) is 20.8 Å². The van der Waals surface area contributed by atoms with Gasteiger partial charge in [-0.15, -0.1) is 0 Å². The summed E-state index contributed by atoms with van der Waals surface area (Å²) in [6.45, 7) is 11.6. The fraction of sp³-hybridized carbons (Fsp3) is 0.786. The Hall–Kier alpha value is -1.41. The second-order valence-electron chi connectivity index (χ2n) is 12.6. The summed E-state index contributed by atoms with van der Waals surface area (Å²) >= 11 is 0. The van der Waals surface area contributed by atoms with E-state index >= 15 is 4.39 Å². The number of hydrogen-bond acceptors (Lipinski definition) is 6. The Bertz CT molecular complexity index is 1050. The average molecular weight is 491 g/mol. The number of Topliss-reactive ketones (excluding diaryl/α,β-unsaturated/α-hetero) is 1. The summed E-state index contributed by atoms with van der Waals surface area (Å²) in [6.07, 6.45) is 5.39. The van der Waals surface area contributed by atoms with Crippen molar-refractivity contribution in [2.45, 2.75) is 96.5 Å². The highest BCUT2D eigenvalue weighted by Gasteiger charge is 2.87. The number of ketones is 2. The van der Waals surface area contributed by atoms with Gasteiger partial charge in [0, 0.05) is 30.5 Å². The van der Waals surface area contributed by atoms with E-state index in [1.54, 1.807) is 19.3 Å². The Labute approximate surface area is 207 Å². The smallest absolute Gasteiger partial charge is 0.193 e. The molecule has 0 aromatic carbocycles. The van der Waals surface area contributed by atoms with E-state index < -0.39 is 50.9 Å². The van der Waals surface area contributed by atoms with Crippen LogP contribution in [0.15, 0.2) is 23.8 Å². The van der Waals surface area contributed by atoms with E-state index in [0.717, 1.165) is 5.57 Å². The topological polar surface area (TPSA) is 71.1 Å². The molecule has 7 heteroatoms. The van der Waals surface area contributed by atoms with E-state index in [9.17, 15) is 9.59 Å². The van der Waals surface area contributed by atoms with Crippen LogP contribution in [0.2, 0.25) is 0 Å². The minimum Gasteiger partial charge on any atom is -0.378 e. The maximum Gasteiger partial charge on any atom is 0.193 e. The Balaban J connectivity index is 1.75. The molecule has 0 aromatic rings. The number of ether oxygens (including phenoxy) is 4.